The second kappa shape index (κ2) is 7.51. The first kappa shape index (κ1) is 17.6. The number of rotatable bonds is 8. The van der Waals surface area contributed by atoms with Crippen molar-refractivity contribution < 1.29 is 9.47 Å². The molecule has 1 aromatic rings. The van der Waals surface area contributed by atoms with E-state index in [2.05, 4.69) is 39.6 Å². The van der Waals surface area contributed by atoms with Gasteiger partial charge in [0.15, 0.2) is 11.5 Å². The summed E-state index contributed by atoms with van der Waals surface area (Å²) in [5.41, 5.74) is 0.114. The Morgan fingerprint density at radius 1 is 1.14 bits per heavy atom. The van der Waals surface area contributed by atoms with Gasteiger partial charge in [-0.1, -0.05) is 25.1 Å². The van der Waals surface area contributed by atoms with Gasteiger partial charge in [-0.2, -0.15) is 0 Å². The van der Waals surface area contributed by atoms with Crippen LogP contribution in [0.15, 0.2) is 36.9 Å². The molecule has 0 saturated carbocycles. The van der Waals surface area contributed by atoms with Crippen molar-refractivity contribution in [3.05, 3.63) is 36.9 Å². The normalized spacial score (nSPS) is 14.3. The first-order valence-corrected chi connectivity index (χ1v) is 7.44. The summed E-state index contributed by atoms with van der Waals surface area (Å²) in [6.45, 7) is 14.2. The maximum atomic E-state index is 5.86. The number of methoxy groups -OCH3 is 1. The summed E-state index contributed by atoms with van der Waals surface area (Å²) in [5, 5.41) is 3.53. The zero-order valence-corrected chi connectivity index (χ0v) is 14.0. The molecule has 118 valence electrons. The lowest BCUT2D eigenvalue weighted by Crippen LogP contribution is -2.42. The Labute approximate surface area is 129 Å². The summed E-state index contributed by atoms with van der Waals surface area (Å²) in [7, 11) is 1.66. The molecular formula is C18H29NO2. The van der Waals surface area contributed by atoms with E-state index in [9.17, 15) is 0 Å². The molecule has 1 N–H and O–H groups in total. The van der Waals surface area contributed by atoms with Gasteiger partial charge < -0.3 is 14.8 Å². The predicted octanol–water partition coefficient (Wildman–Crippen LogP) is 4.04. The number of nitrogens with one attached hydrogen (secondary N) is 1. The standard InChI is InChI=1S/C18H29NO2/c1-7-18(5,14-19-17(2,3)4)12-13-21-16-11-9-8-10-15(16)20-6/h7-11,19H,1,12-14H2,2-6H3. The zero-order chi connectivity index (χ0) is 15.9. The summed E-state index contributed by atoms with van der Waals surface area (Å²) in [6.07, 6.45) is 2.91. The van der Waals surface area contributed by atoms with Crippen LogP contribution in [0.4, 0.5) is 0 Å². The van der Waals surface area contributed by atoms with E-state index in [1.165, 1.54) is 0 Å². The van der Waals surface area contributed by atoms with Crippen LogP contribution in [-0.4, -0.2) is 25.8 Å². The fourth-order valence-electron chi connectivity index (χ4n) is 1.86. The van der Waals surface area contributed by atoms with Gasteiger partial charge in [0.2, 0.25) is 0 Å². The highest BCUT2D eigenvalue weighted by atomic mass is 16.5. The van der Waals surface area contributed by atoms with Gasteiger partial charge in [-0.3, -0.25) is 0 Å². The van der Waals surface area contributed by atoms with E-state index in [4.69, 9.17) is 9.47 Å². The van der Waals surface area contributed by atoms with E-state index in [1.54, 1.807) is 7.11 Å². The van der Waals surface area contributed by atoms with Crippen molar-refractivity contribution >= 4 is 0 Å². The maximum Gasteiger partial charge on any atom is 0.161 e. The fraction of sp³-hybridized carbons (Fsp3) is 0.556. The minimum Gasteiger partial charge on any atom is -0.493 e. The van der Waals surface area contributed by atoms with Gasteiger partial charge >= 0.3 is 0 Å². The van der Waals surface area contributed by atoms with Gasteiger partial charge in [0.1, 0.15) is 0 Å². The molecule has 1 atom stereocenters. The van der Waals surface area contributed by atoms with Crippen LogP contribution in [0.25, 0.3) is 0 Å². The van der Waals surface area contributed by atoms with Crippen LogP contribution in [0.5, 0.6) is 11.5 Å². The van der Waals surface area contributed by atoms with Crippen LogP contribution in [0.2, 0.25) is 0 Å². The Morgan fingerprint density at radius 2 is 1.76 bits per heavy atom. The third kappa shape index (κ3) is 6.21. The van der Waals surface area contributed by atoms with E-state index in [1.807, 2.05) is 30.3 Å². The highest BCUT2D eigenvalue weighted by Crippen LogP contribution is 2.28. The van der Waals surface area contributed by atoms with Crippen molar-refractivity contribution in [1.82, 2.24) is 5.32 Å². The average Bonchev–Trinajstić information content (AvgIpc) is 2.45. The van der Waals surface area contributed by atoms with E-state index in [0.29, 0.717) is 6.61 Å². The summed E-state index contributed by atoms with van der Waals surface area (Å²) in [4.78, 5) is 0. The summed E-state index contributed by atoms with van der Waals surface area (Å²) >= 11 is 0. The molecule has 1 unspecified atom stereocenters. The molecule has 0 amide bonds. The zero-order valence-electron chi connectivity index (χ0n) is 14.0. The van der Waals surface area contributed by atoms with Gasteiger partial charge in [-0.25, -0.2) is 0 Å². The van der Waals surface area contributed by atoms with Crippen molar-refractivity contribution in [1.29, 1.82) is 0 Å². The van der Waals surface area contributed by atoms with Crippen LogP contribution in [0.1, 0.15) is 34.1 Å². The molecule has 0 aliphatic carbocycles. The molecule has 3 heteroatoms. The fourth-order valence-corrected chi connectivity index (χ4v) is 1.86. The third-order valence-electron chi connectivity index (χ3n) is 3.52. The largest absolute Gasteiger partial charge is 0.493 e. The van der Waals surface area contributed by atoms with Crippen molar-refractivity contribution in [2.45, 2.75) is 39.7 Å². The molecule has 0 aliphatic rings. The number of ether oxygens (including phenoxy) is 2. The number of para-hydroxylation sites is 2. The highest BCUT2D eigenvalue weighted by Gasteiger charge is 2.23. The second-order valence-electron chi connectivity index (χ2n) is 6.71. The van der Waals surface area contributed by atoms with E-state index >= 15 is 0 Å². The van der Waals surface area contributed by atoms with Crippen LogP contribution in [0.3, 0.4) is 0 Å². The molecule has 1 rings (SSSR count). The first-order valence-electron chi connectivity index (χ1n) is 7.44. The lowest BCUT2D eigenvalue weighted by molar-refractivity contribution is 0.225. The van der Waals surface area contributed by atoms with Crippen LogP contribution in [0, 0.1) is 5.41 Å². The monoisotopic (exact) mass is 291 g/mol. The van der Waals surface area contributed by atoms with Gasteiger partial charge in [0.05, 0.1) is 13.7 Å². The molecular weight excluding hydrogens is 262 g/mol. The maximum absolute atomic E-state index is 5.86. The number of benzene rings is 1. The Kier molecular flexibility index (Phi) is 6.28. The second-order valence-corrected chi connectivity index (χ2v) is 6.71. The molecule has 21 heavy (non-hydrogen) atoms. The third-order valence-corrected chi connectivity index (χ3v) is 3.52. The van der Waals surface area contributed by atoms with E-state index in [-0.39, 0.29) is 11.0 Å². The average molecular weight is 291 g/mol. The molecule has 0 spiro atoms. The van der Waals surface area contributed by atoms with Crippen molar-refractivity contribution in [2.24, 2.45) is 5.41 Å². The minimum absolute atomic E-state index is 0.00922. The summed E-state index contributed by atoms with van der Waals surface area (Å²) in [6, 6.07) is 7.72. The molecule has 0 fully saturated rings. The molecule has 0 saturated heterocycles. The van der Waals surface area contributed by atoms with Crippen LogP contribution >= 0.6 is 0 Å². The quantitative estimate of drug-likeness (QED) is 0.733. The van der Waals surface area contributed by atoms with Crippen molar-refractivity contribution in [2.75, 3.05) is 20.3 Å². The topological polar surface area (TPSA) is 30.5 Å². The van der Waals surface area contributed by atoms with Crippen molar-refractivity contribution in [3.8, 4) is 11.5 Å². The number of hydrogen-bond acceptors (Lipinski definition) is 3. The van der Waals surface area contributed by atoms with E-state index in [0.717, 1.165) is 24.5 Å². The Morgan fingerprint density at radius 3 is 2.29 bits per heavy atom. The molecule has 3 nitrogen and oxygen atoms in total. The molecule has 0 aromatic heterocycles. The van der Waals surface area contributed by atoms with Gasteiger partial charge in [-0.05, 0) is 39.3 Å². The minimum atomic E-state index is 0.00922. The smallest absolute Gasteiger partial charge is 0.161 e. The molecule has 0 radical (unpaired) electrons. The molecule has 1 aromatic carbocycles. The summed E-state index contributed by atoms with van der Waals surface area (Å²) < 4.78 is 11.1. The van der Waals surface area contributed by atoms with Crippen LogP contribution in [-0.2, 0) is 0 Å². The SMILES string of the molecule is C=CC(C)(CCOc1ccccc1OC)CNC(C)(C)C. The highest BCUT2D eigenvalue weighted by molar-refractivity contribution is 5.39. The lowest BCUT2D eigenvalue weighted by Gasteiger charge is -2.31. The van der Waals surface area contributed by atoms with Crippen molar-refractivity contribution in [3.63, 3.8) is 0 Å². The summed E-state index contributed by atoms with van der Waals surface area (Å²) in [5.74, 6) is 1.56. The molecule has 0 bridgehead atoms. The Hall–Kier alpha value is -1.48. The predicted molar refractivity (Wildman–Crippen MR) is 89.2 cm³/mol. The Bertz CT molecular complexity index is 451. The van der Waals surface area contributed by atoms with Crippen LogP contribution < -0.4 is 14.8 Å². The van der Waals surface area contributed by atoms with Gasteiger partial charge in [-0.15, -0.1) is 6.58 Å². The molecule has 0 heterocycles. The lowest BCUT2D eigenvalue weighted by atomic mass is 9.86. The first-order chi connectivity index (χ1) is 9.79. The Balaban J connectivity index is 2.53. The molecule has 0 aliphatic heterocycles. The van der Waals surface area contributed by atoms with Gasteiger partial charge in [0.25, 0.3) is 0 Å². The number of hydrogen-bond donors (Lipinski definition) is 1. The van der Waals surface area contributed by atoms with E-state index < -0.39 is 0 Å². The van der Waals surface area contributed by atoms with Gasteiger partial charge in [0, 0.05) is 17.5 Å².